The fraction of sp³-hybridized carbons (Fsp3) is 0.312. The Morgan fingerprint density at radius 2 is 1.91 bits per heavy atom. The van der Waals surface area contributed by atoms with Crippen molar-refractivity contribution in [2.75, 3.05) is 18.4 Å². The summed E-state index contributed by atoms with van der Waals surface area (Å²) in [4.78, 5) is 22.9. The highest BCUT2D eigenvalue weighted by atomic mass is 35.5. The van der Waals surface area contributed by atoms with Crippen LogP contribution in [0.15, 0.2) is 24.3 Å². The minimum Gasteiger partial charge on any atom is -0.337 e. The second-order valence-electron chi connectivity index (χ2n) is 5.47. The Bertz CT molecular complexity index is 745. The lowest BCUT2D eigenvalue weighted by Crippen LogP contribution is -2.28. The van der Waals surface area contributed by atoms with E-state index in [1.807, 2.05) is 11.8 Å². The molecule has 1 aromatic carbocycles. The Morgan fingerprint density at radius 1 is 1.17 bits per heavy atom. The minimum atomic E-state index is -0.0618. The Morgan fingerprint density at radius 3 is 2.65 bits per heavy atom. The van der Waals surface area contributed by atoms with Gasteiger partial charge in [0.25, 0.3) is 5.91 Å². The molecule has 1 saturated heterocycles. The molecule has 0 bridgehead atoms. The van der Waals surface area contributed by atoms with E-state index in [0.717, 1.165) is 25.9 Å². The quantitative estimate of drug-likeness (QED) is 0.906. The highest BCUT2D eigenvalue weighted by Crippen LogP contribution is 2.27. The summed E-state index contributed by atoms with van der Waals surface area (Å²) in [6, 6.07) is 6.79. The van der Waals surface area contributed by atoms with Crippen molar-refractivity contribution < 1.29 is 4.79 Å². The first-order valence-electron chi connectivity index (χ1n) is 7.40. The van der Waals surface area contributed by atoms with Crippen LogP contribution in [0.25, 0.3) is 0 Å². The zero-order chi connectivity index (χ0) is 16.4. The number of nitrogens with zero attached hydrogens (tertiary/aromatic N) is 3. The SMILES string of the molecule is Cc1cc(C(=O)N2CCCC2)nc(Nc2cc(Cl)ccc2Cl)n1. The number of rotatable bonds is 3. The second-order valence-corrected chi connectivity index (χ2v) is 6.31. The number of amides is 1. The topological polar surface area (TPSA) is 58.1 Å². The summed E-state index contributed by atoms with van der Waals surface area (Å²) in [7, 11) is 0. The minimum absolute atomic E-state index is 0.0618. The molecule has 2 heterocycles. The lowest BCUT2D eigenvalue weighted by atomic mass is 10.3. The van der Waals surface area contributed by atoms with E-state index in [2.05, 4.69) is 15.3 Å². The Hall–Kier alpha value is -1.85. The number of likely N-dealkylation sites (tertiary alicyclic amines) is 1. The van der Waals surface area contributed by atoms with Gasteiger partial charge in [0.1, 0.15) is 5.69 Å². The number of aryl methyl sites for hydroxylation is 1. The van der Waals surface area contributed by atoms with Crippen molar-refractivity contribution >= 4 is 40.7 Å². The summed E-state index contributed by atoms with van der Waals surface area (Å²) in [5.74, 6) is 0.268. The van der Waals surface area contributed by atoms with E-state index >= 15 is 0 Å². The number of nitrogens with one attached hydrogen (secondary N) is 1. The van der Waals surface area contributed by atoms with Gasteiger partial charge in [0.05, 0.1) is 10.7 Å². The highest BCUT2D eigenvalue weighted by Gasteiger charge is 2.21. The normalized spacial score (nSPS) is 14.1. The van der Waals surface area contributed by atoms with Crippen LogP contribution >= 0.6 is 23.2 Å². The number of hydrogen-bond donors (Lipinski definition) is 1. The molecule has 120 valence electrons. The van der Waals surface area contributed by atoms with Gasteiger partial charge in [-0.25, -0.2) is 9.97 Å². The van der Waals surface area contributed by atoms with Crippen molar-refractivity contribution in [1.82, 2.24) is 14.9 Å². The van der Waals surface area contributed by atoms with Crippen molar-refractivity contribution in [1.29, 1.82) is 0 Å². The lowest BCUT2D eigenvalue weighted by molar-refractivity contribution is 0.0787. The van der Waals surface area contributed by atoms with Gasteiger partial charge in [0, 0.05) is 23.8 Å². The first-order chi connectivity index (χ1) is 11.0. The fourth-order valence-corrected chi connectivity index (χ4v) is 2.87. The average Bonchev–Trinajstić information content (AvgIpc) is 3.04. The standard InChI is InChI=1S/C16H16Cl2N4O/c1-10-8-14(15(23)22-6-2-3-7-22)21-16(19-10)20-13-9-11(17)4-5-12(13)18/h4-5,8-9H,2-3,6-7H2,1H3,(H,19,20,21). The van der Waals surface area contributed by atoms with Crippen LogP contribution in [-0.4, -0.2) is 33.9 Å². The van der Waals surface area contributed by atoms with Gasteiger partial charge in [-0.1, -0.05) is 23.2 Å². The number of hydrogen-bond acceptors (Lipinski definition) is 4. The van der Waals surface area contributed by atoms with Gasteiger partial charge in [-0.3, -0.25) is 4.79 Å². The molecule has 0 unspecified atom stereocenters. The predicted molar refractivity (Wildman–Crippen MR) is 91.7 cm³/mol. The third-order valence-electron chi connectivity index (χ3n) is 3.64. The zero-order valence-corrected chi connectivity index (χ0v) is 14.2. The van der Waals surface area contributed by atoms with Crippen molar-refractivity contribution in [3.05, 3.63) is 45.7 Å². The summed E-state index contributed by atoms with van der Waals surface area (Å²) in [5.41, 5.74) is 1.70. The first-order valence-corrected chi connectivity index (χ1v) is 8.15. The third kappa shape index (κ3) is 3.74. The Kier molecular flexibility index (Phi) is 4.68. The van der Waals surface area contributed by atoms with Crippen molar-refractivity contribution in [3.63, 3.8) is 0 Å². The van der Waals surface area contributed by atoms with Gasteiger partial charge in [0.15, 0.2) is 0 Å². The molecule has 5 nitrogen and oxygen atoms in total. The van der Waals surface area contributed by atoms with Gasteiger partial charge in [-0.05, 0) is 44.0 Å². The molecular formula is C16H16Cl2N4O. The molecule has 0 saturated carbocycles. The van der Waals surface area contributed by atoms with Crippen molar-refractivity contribution in [3.8, 4) is 0 Å². The molecule has 1 aromatic heterocycles. The maximum absolute atomic E-state index is 12.5. The zero-order valence-electron chi connectivity index (χ0n) is 12.6. The van der Waals surface area contributed by atoms with E-state index < -0.39 is 0 Å². The summed E-state index contributed by atoms with van der Waals surface area (Å²) in [6.45, 7) is 3.39. The predicted octanol–water partition coefficient (Wildman–Crippen LogP) is 4.07. The number of halogens is 2. The molecule has 1 amide bonds. The molecule has 2 aromatic rings. The Labute approximate surface area is 144 Å². The van der Waals surface area contributed by atoms with E-state index in [1.54, 1.807) is 24.3 Å². The van der Waals surface area contributed by atoms with Gasteiger partial charge >= 0.3 is 0 Å². The lowest BCUT2D eigenvalue weighted by Gasteiger charge is -2.15. The maximum Gasteiger partial charge on any atom is 0.272 e. The molecule has 23 heavy (non-hydrogen) atoms. The molecule has 0 radical (unpaired) electrons. The summed E-state index contributed by atoms with van der Waals surface area (Å²) >= 11 is 12.1. The molecular weight excluding hydrogens is 335 g/mol. The van der Waals surface area contributed by atoms with Crippen LogP contribution in [0.2, 0.25) is 10.0 Å². The molecule has 1 fully saturated rings. The van der Waals surface area contributed by atoms with Gasteiger partial charge in [-0.2, -0.15) is 0 Å². The summed E-state index contributed by atoms with van der Waals surface area (Å²) in [6.07, 6.45) is 2.08. The van der Waals surface area contributed by atoms with Gasteiger partial charge < -0.3 is 10.2 Å². The van der Waals surface area contributed by atoms with Crippen LogP contribution in [0.5, 0.6) is 0 Å². The van der Waals surface area contributed by atoms with Gasteiger partial charge in [-0.15, -0.1) is 0 Å². The number of aromatic nitrogens is 2. The third-order valence-corrected chi connectivity index (χ3v) is 4.21. The monoisotopic (exact) mass is 350 g/mol. The van der Waals surface area contributed by atoms with Crippen molar-refractivity contribution in [2.45, 2.75) is 19.8 Å². The average molecular weight is 351 g/mol. The fourth-order valence-electron chi connectivity index (χ4n) is 2.53. The Balaban J connectivity index is 1.88. The molecule has 1 aliphatic heterocycles. The molecule has 0 aliphatic carbocycles. The number of carbonyl (C=O) groups excluding carboxylic acids is 1. The van der Waals surface area contributed by atoms with Crippen LogP contribution in [-0.2, 0) is 0 Å². The molecule has 7 heteroatoms. The summed E-state index contributed by atoms with van der Waals surface area (Å²) < 4.78 is 0. The molecule has 1 N–H and O–H groups in total. The van der Waals surface area contributed by atoms with Crippen LogP contribution in [0.4, 0.5) is 11.6 Å². The van der Waals surface area contributed by atoms with E-state index in [-0.39, 0.29) is 5.91 Å². The second kappa shape index (κ2) is 6.72. The summed E-state index contributed by atoms with van der Waals surface area (Å²) in [5, 5.41) is 4.09. The highest BCUT2D eigenvalue weighted by molar-refractivity contribution is 6.35. The van der Waals surface area contributed by atoms with E-state index in [1.165, 1.54) is 0 Å². The molecule has 3 rings (SSSR count). The largest absolute Gasteiger partial charge is 0.337 e. The maximum atomic E-state index is 12.5. The molecule has 0 atom stereocenters. The van der Waals surface area contributed by atoms with E-state index in [4.69, 9.17) is 23.2 Å². The number of benzene rings is 1. The first kappa shape index (κ1) is 16.0. The molecule has 0 spiro atoms. The molecule has 1 aliphatic rings. The van der Waals surface area contributed by atoms with E-state index in [0.29, 0.717) is 33.1 Å². The number of carbonyl (C=O) groups is 1. The van der Waals surface area contributed by atoms with Crippen LogP contribution in [0, 0.1) is 6.92 Å². The van der Waals surface area contributed by atoms with Crippen LogP contribution < -0.4 is 5.32 Å². The van der Waals surface area contributed by atoms with Crippen molar-refractivity contribution in [2.24, 2.45) is 0 Å². The van der Waals surface area contributed by atoms with Crippen LogP contribution in [0.1, 0.15) is 29.0 Å². The number of anilines is 2. The van der Waals surface area contributed by atoms with E-state index in [9.17, 15) is 4.79 Å². The smallest absolute Gasteiger partial charge is 0.272 e. The van der Waals surface area contributed by atoms with Gasteiger partial charge in [0.2, 0.25) is 5.95 Å². The van der Waals surface area contributed by atoms with Crippen LogP contribution in [0.3, 0.4) is 0 Å².